The second-order valence-corrected chi connectivity index (χ2v) is 5.77. The molecule has 2 amide bonds. The van der Waals surface area contributed by atoms with Crippen LogP contribution in [0.4, 0.5) is 5.69 Å². The minimum atomic E-state index is -0.749. The molecule has 0 heterocycles. The Morgan fingerprint density at radius 2 is 2.00 bits per heavy atom. The topological polar surface area (TPSA) is 87.7 Å². The number of rotatable bonds is 6. The fourth-order valence-corrected chi connectivity index (χ4v) is 2.20. The number of aryl methyl sites for hydroxylation is 1. The summed E-state index contributed by atoms with van der Waals surface area (Å²) >= 11 is 5.92. The molecule has 0 radical (unpaired) electrons. The third kappa shape index (κ3) is 4.89. The number of phenols is 1. The number of carbonyl (C=O) groups is 2. The van der Waals surface area contributed by atoms with Crippen molar-refractivity contribution in [1.82, 2.24) is 5.32 Å². The summed E-state index contributed by atoms with van der Waals surface area (Å²) in [5.41, 5.74) is 0.758. The number of amides is 2. The molecule has 6 nitrogen and oxygen atoms in total. The number of halogens is 1. The summed E-state index contributed by atoms with van der Waals surface area (Å²) in [5, 5.41) is 15.6. The van der Waals surface area contributed by atoms with Crippen LogP contribution in [-0.2, 0) is 14.3 Å². The van der Waals surface area contributed by atoms with Gasteiger partial charge in [0.1, 0.15) is 18.4 Å². The highest BCUT2D eigenvalue weighted by atomic mass is 35.5. The summed E-state index contributed by atoms with van der Waals surface area (Å²) in [7, 11) is 1.40. The molecule has 0 aliphatic carbocycles. The Bertz CT molecular complexity index is 561. The van der Waals surface area contributed by atoms with Gasteiger partial charge < -0.3 is 20.5 Å². The predicted octanol–water partition coefficient (Wildman–Crippen LogP) is 2.08. The number of phenolic OH excluding ortho intramolecular Hbond substituents is 1. The molecule has 22 heavy (non-hydrogen) atoms. The van der Waals surface area contributed by atoms with Crippen LogP contribution in [0, 0.1) is 12.8 Å². The number of carbonyl (C=O) groups excluding carboxylic acids is 2. The molecule has 1 aromatic rings. The van der Waals surface area contributed by atoms with E-state index in [0.717, 1.165) is 0 Å². The zero-order valence-electron chi connectivity index (χ0n) is 13.1. The zero-order chi connectivity index (χ0) is 16.9. The molecule has 0 unspecified atom stereocenters. The van der Waals surface area contributed by atoms with Gasteiger partial charge in [0, 0.05) is 12.1 Å². The van der Waals surface area contributed by atoms with E-state index in [9.17, 15) is 14.7 Å². The first-order valence-corrected chi connectivity index (χ1v) is 7.22. The molecule has 1 rings (SSSR count). The number of ether oxygens (including phenoxy) is 1. The van der Waals surface area contributed by atoms with E-state index >= 15 is 0 Å². The van der Waals surface area contributed by atoms with Crippen molar-refractivity contribution >= 4 is 29.1 Å². The molecular weight excluding hydrogens is 308 g/mol. The molecule has 0 aliphatic rings. The van der Waals surface area contributed by atoms with Crippen molar-refractivity contribution in [2.75, 3.05) is 19.0 Å². The van der Waals surface area contributed by atoms with Crippen LogP contribution in [0.15, 0.2) is 12.1 Å². The first-order valence-electron chi connectivity index (χ1n) is 6.84. The van der Waals surface area contributed by atoms with Crippen molar-refractivity contribution in [2.45, 2.75) is 26.8 Å². The van der Waals surface area contributed by atoms with E-state index in [1.807, 2.05) is 0 Å². The largest absolute Gasteiger partial charge is 0.505 e. The van der Waals surface area contributed by atoms with Gasteiger partial charge >= 0.3 is 0 Å². The van der Waals surface area contributed by atoms with Gasteiger partial charge in [0.05, 0.1) is 5.69 Å². The van der Waals surface area contributed by atoms with Gasteiger partial charge in [-0.1, -0.05) is 25.4 Å². The van der Waals surface area contributed by atoms with E-state index < -0.39 is 11.9 Å². The monoisotopic (exact) mass is 328 g/mol. The Morgan fingerprint density at radius 1 is 1.36 bits per heavy atom. The summed E-state index contributed by atoms with van der Waals surface area (Å²) < 4.78 is 4.73. The quantitative estimate of drug-likeness (QED) is 0.698. The van der Waals surface area contributed by atoms with Gasteiger partial charge in [-0.2, -0.15) is 0 Å². The first-order chi connectivity index (χ1) is 10.3. The van der Waals surface area contributed by atoms with E-state index in [0.29, 0.717) is 10.6 Å². The number of anilines is 1. The lowest BCUT2D eigenvalue weighted by Gasteiger charge is -2.22. The summed E-state index contributed by atoms with van der Waals surface area (Å²) in [5.74, 6) is -1.01. The third-order valence-electron chi connectivity index (χ3n) is 3.06. The molecule has 1 atom stereocenters. The normalized spacial score (nSPS) is 12.1. The highest BCUT2D eigenvalue weighted by Gasteiger charge is 2.25. The summed E-state index contributed by atoms with van der Waals surface area (Å²) in [6.07, 6.45) is 0. The van der Waals surface area contributed by atoms with E-state index in [1.54, 1.807) is 26.8 Å². The number of benzene rings is 1. The van der Waals surface area contributed by atoms with Crippen LogP contribution >= 0.6 is 11.6 Å². The standard InChI is InChI=1S/C15H21ClN2O4/c1-8(2)13(18-12(19)7-22-4)15(21)17-11-6-10(16)5-9(3)14(11)20/h5-6,8,13,20H,7H2,1-4H3,(H,17,21)(H,18,19)/t13-/m0/s1. The minimum absolute atomic E-state index is 0.0523. The average molecular weight is 329 g/mol. The van der Waals surface area contributed by atoms with E-state index in [2.05, 4.69) is 10.6 Å². The molecule has 0 bridgehead atoms. The fourth-order valence-electron chi connectivity index (χ4n) is 1.92. The Kier molecular flexibility index (Phi) is 6.64. The first kappa shape index (κ1) is 18.3. The summed E-state index contributed by atoms with van der Waals surface area (Å²) in [6.45, 7) is 5.16. The molecule has 0 aromatic heterocycles. The zero-order valence-corrected chi connectivity index (χ0v) is 13.8. The van der Waals surface area contributed by atoms with Gasteiger partial charge in [0.25, 0.3) is 0 Å². The van der Waals surface area contributed by atoms with Crippen LogP contribution in [0.3, 0.4) is 0 Å². The third-order valence-corrected chi connectivity index (χ3v) is 3.28. The lowest BCUT2D eigenvalue weighted by molar-refractivity contribution is -0.129. The maximum Gasteiger partial charge on any atom is 0.247 e. The Hall–Kier alpha value is -1.79. The average Bonchev–Trinajstić information content (AvgIpc) is 2.41. The minimum Gasteiger partial charge on any atom is -0.505 e. The lowest BCUT2D eigenvalue weighted by atomic mass is 10.0. The second kappa shape index (κ2) is 8.00. The number of hydrogen-bond donors (Lipinski definition) is 3. The molecule has 0 saturated heterocycles. The Balaban J connectivity index is 2.90. The fraction of sp³-hybridized carbons (Fsp3) is 0.467. The molecule has 122 valence electrons. The van der Waals surface area contributed by atoms with Gasteiger partial charge in [-0.25, -0.2) is 0 Å². The van der Waals surface area contributed by atoms with Crippen molar-refractivity contribution in [3.8, 4) is 5.75 Å². The van der Waals surface area contributed by atoms with Crippen LogP contribution in [0.2, 0.25) is 5.02 Å². The van der Waals surface area contributed by atoms with Crippen LogP contribution in [0.5, 0.6) is 5.75 Å². The molecule has 0 saturated carbocycles. The molecular formula is C15H21ClN2O4. The Labute approximate surface area is 134 Å². The maximum absolute atomic E-state index is 12.3. The number of nitrogens with one attached hydrogen (secondary N) is 2. The van der Waals surface area contributed by atoms with Gasteiger partial charge in [-0.15, -0.1) is 0 Å². The highest BCUT2D eigenvalue weighted by Crippen LogP contribution is 2.31. The molecule has 0 fully saturated rings. The molecule has 1 aromatic carbocycles. The highest BCUT2D eigenvalue weighted by molar-refractivity contribution is 6.31. The second-order valence-electron chi connectivity index (χ2n) is 5.33. The molecule has 7 heteroatoms. The summed E-state index contributed by atoms with van der Waals surface area (Å²) in [6, 6.07) is 2.30. The van der Waals surface area contributed by atoms with E-state index in [4.69, 9.17) is 16.3 Å². The van der Waals surface area contributed by atoms with Crippen molar-refractivity contribution < 1.29 is 19.4 Å². The van der Waals surface area contributed by atoms with Gasteiger partial charge in [0.15, 0.2) is 0 Å². The van der Waals surface area contributed by atoms with Gasteiger partial charge in [-0.3, -0.25) is 9.59 Å². The molecule has 3 N–H and O–H groups in total. The lowest BCUT2D eigenvalue weighted by Crippen LogP contribution is -2.48. The van der Waals surface area contributed by atoms with Gasteiger partial charge in [0.2, 0.25) is 11.8 Å². The predicted molar refractivity (Wildman–Crippen MR) is 85.1 cm³/mol. The van der Waals surface area contributed by atoms with Crippen molar-refractivity contribution in [3.05, 3.63) is 22.7 Å². The smallest absolute Gasteiger partial charge is 0.247 e. The van der Waals surface area contributed by atoms with E-state index in [1.165, 1.54) is 13.2 Å². The number of methoxy groups -OCH3 is 1. The maximum atomic E-state index is 12.3. The van der Waals surface area contributed by atoms with Crippen LogP contribution in [-0.4, -0.2) is 36.7 Å². The van der Waals surface area contributed by atoms with Crippen molar-refractivity contribution in [3.63, 3.8) is 0 Å². The van der Waals surface area contributed by atoms with E-state index in [-0.39, 0.29) is 29.9 Å². The Morgan fingerprint density at radius 3 is 2.55 bits per heavy atom. The summed E-state index contributed by atoms with van der Waals surface area (Å²) in [4.78, 5) is 24.0. The van der Waals surface area contributed by atoms with Crippen LogP contribution in [0.25, 0.3) is 0 Å². The van der Waals surface area contributed by atoms with Crippen LogP contribution < -0.4 is 10.6 Å². The van der Waals surface area contributed by atoms with Gasteiger partial charge in [-0.05, 0) is 30.5 Å². The van der Waals surface area contributed by atoms with Crippen molar-refractivity contribution in [1.29, 1.82) is 0 Å². The molecule has 0 spiro atoms. The van der Waals surface area contributed by atoms with Crippen molar-refractivity contribution in [2.24, 2.45) is 5.92 Å². The SMILES string of the molecule is COCC(=O)N[C@H](C(=O)Nc1cc(Cl)cc(C)c1O)C(C)C. The van der Waals surface area contributed by atoms with Crippen LogP contribution in [0.1, 0.15) is 19.4 Å². The molecule has 0 aliphatic heterocycles. The number of hydrogen-bond acceptors (Lipinski definition) is 4. The number of aromatic hydroxyl groups is 1.